The third-order valence-corrected chi connectivity index (χ3v) is 5.96. The van der Waals surface area contributed by atoms with Gasteiger partial charge in [-0.15, -0.1) is 0 Å². The topological polar surface area (TPSA) is 114 Å². The smallest absolute Gasteiger partial charge is 0.270 e. The summed E-state index contributed by atoms with van der Waals surface area (Å²) in [6.07, 6.45) is 1.51. The zero-order chi connectivity index (χ0) is 20.1. The second-order valence-electron chi connectivity index (χ2n) is 5.45. The summed E-state index contributed by atoms with van der Waals surface area (Å²) in [5, 5.41) is 19.0. The molecule has 0 fully saturated rings. The summed E-state index contributed by atoms with van der Waals surface area (Å²) in [6, 6.07) is 11.5. The van der Waals surface area contributed by atoms with Gasteiger partial charge in [-0.2, -0.15) is 16.4 Å². The zero-order valence-corrected chi connectivity index (χ0v) is 16.5. The standard InChI is InChI=1S/C17H13ClN4O4S2/c18-14-3-1-2-4-15(14)21-28(25,26)17-9-13(22(23)24)5-6-16(17)20-19-10-12-7-8-27-11-12/h1-11,20-21H/b19-10+. The number of nitro groups is 1. The van der Waals surface area contributed by atoms with Crippen LogP contribution in [0, 0.1) is 10.1 Å². The molecule has 2 N–H and O–H groups in total. The highest BCUT2D eigenvalue weighted by Crippen LogP contribution is 2.30. The van der Waals surface area contributed by atoms with Crippen LogP contribution in [0.25, 0.3) is 0 Å². The lowest BCUT2D eigenvalue weighted by molar-refractivity contribution is -0.385. The van der Waals surface area contributed by atoms with Gasteiger partial charge < -0.3 is 0 Å². The predicted molar refractivity (Wildman–Crippen MR) is 111 cm³/mol. The predicted octanol–water partition coefficient (Wildman–Crippen LogP) is 4.56. The van der Waals surface area contributed by atoms with E-state index in [1.165, 1.54) is 41.8 Å². The molecule has 2 aromatic carbocycles. The molecule has 0 bridgehead atoms. The summed E-state index contributed by atoms with van der Waals surface area (Å²) < 4.78 is 28.1. The van der Waals surface area contributed by atoms with Crippen LogP contribution in [0.5, 0.6) is 0 Å². The number of anilines is 2. The van der Waals surface area contributed by atoms with Crippen LogP contribution >= 0.6 is 22.9 Å². The summed E-state index contributed by atoms with van der Waals surface area (Å²) in [4.78, 5) is 10.1. The van der Waals surface area contributed by atoms with Gasteiger partial charge in [0.05, 0.1) is 27.5 Å². The van der Waals surface area contributed by atoms with Gasteiger partial charge in [-0.05, 0) is 35.0 Å². The lowest BCUT2D eigenvalue weighted by atomic mass is 10.3. The van der Waals surface area contributed by atoms with E-state index in [0.29, 0.717) is 0 Å². The maximum Gasteiger partial charge on any atom is 0.270 e. The van der Waals surface area contributed by atoms with Crippen molar-refractivity contribution in [3.63, 3.8) is 0 Å². The van der Waals surface area contributed by atoms with E-state index in [1.807, 2.05) is 16.8 Å². The number of non-ortho nitro benzene ring substituents is 1. The number of rotatable bonds is 7. The fourth-order valence-electron chi connectivity index (χ4n) is 2.21. The van der Waals surface area contributed by atoms with Crippen molar-refractivity contribution >= 4 is 56.2 Å². The fraction of sp³-hybridized carbons (Fsp3) is 0. The van der Waals surface area contributed by atoms with E-state index >= 15 is 0 Å². The van der Waals surface area contributed by atoms with Crippen LogP contribution in [-0.4, -0.2) is 19.6 Å². The Kier molecular flexibility index (Phi) is 5.93. The number of nitrogens with one attached hydrogen (secondary N) is 2. The van der Waals surface area contributed by atoms with E-state index in [2.05, 4.69) is 15.2 Å². The van der Waals surface area contributed by atoms with E-state index in [4.69, 9.17) is 11.6 Å². The summed E-state index contributed by atoms with van der Waals surface area (Å²) >= 11 is 7.50. The quantitative estimate of drug-likeness (QED) is 0.320. The van der Waals surface area contributed by atoms with Crippen LogP contribution in [0.15, 0.2) is 69.3 Å². The van der Waals surface area contributed by atoms with Crippen LogP contribution < -0.4 is 10.1 Å². The molecule has 0 aliphatic heterocycles. The lowest BCUT2D eigenvalue weighted by Crippen LogP contribution is -2.15. The molecule has 0 amide bonds. The number of hydrazone groups is 1. The molecule has 0 aliphatic rings. The Balaban J connectivity index is 1.97. The minimum absolute atomic E-state index is 0.0802. The molecule has 0 atom stereocenters. The molecular weight excluding hydrogens is 424 g/mol. The Hall–Kier alpha value is -2.95. The van der Waals surface area contributed by atoms with Gasteiger partial charge >= 0.3 is 0 Å². The van der Waals surface area contributed by atoms with E-state index < -0.39 is 14.9 Å². The molecule has 3 aromatic rings. The van der Waals surface area contributed by atoms with Gasteiger partial charge in [-0.3, -0.25) is 20.3 Å². The summed E-state index contributed by atoms with van der Waals surface area (Å²) in [6.45, 7) is 0. The third-order valence-electron chi connectivity index (χ3n) is 3.53. The highest BCUT2D eigenvalue weighted by Gasteiger charge is 2.23. The zero-order valence-electron chi connectivity index (χ0n) is 14.1. The Morgan fingerprint density at radius 3 is 2.61 bits per heavy atom. The Labute approximate surface area is 169 Å². The Morgan fingerprint density at radius 1 is 1.14 bits per heavy atom. The number of halogens is 1. The Morgan fingerprint density at radius 2 is 1.93 bits per heavy atom. The number of thiophene rings is 1. The van der Waals surface area contributed by atoms with Crippen LogP contribution in [0.2, 0.25) is 5.02 Å². The van der Waals surface area contributed by atoms with Crippen molar-refractivity contribution in [2.75, 3.05) is 10.1 Å². The third kappa shape index (κ3) is 4.66. The van der Waals surface area contributed by atoms with Crippen LogP contribution in [0.1, 0.15) is 5.56 Å². The van der Waals surface area contributed by atoms with Gasteiger partial charge in [0.1, 0.15) is 4.90 Å². The first-order valence-electron chi connectivity index (χ1n) is 7.74. The van der Waals surface area contributed by atoms with Gasteiger partial charge in [-0.25, -0.2) is 8.42 Å². The molecule has 144 valence electrons. The number of hydrogen-bond acceptors (Lipinski definition) is 7. The number of benzene rings is 2. The van der Waals surface area contributed by atoms with Crippen molar-refractivity contribution in [3.8, 4) is 0 Å². The van der Waals surface area contributed by atoms with Gasteiger partial charge in [0.15, 0.2) is 0 Å². The molecule has 0 saturated carbocycles. The fourth-order valence-corrected chi connectivity index (χ4v) is 4.31. The van der Waals surface area contributed by atoms with Crippen molar-refractivity contribution in [2.45, 2.75) is 4.90 Å². The second-order valence-corrected chi connectivity index (χ2v) is 8.29. The molecule has 1 aromatic heterocycles. The SMILES string of the molecule is O=[N+]([O-])c1ccc(N/N=C/c2ccsc2)c(S(=O)(=O)Nc2ccccc2Cl)c1. The first-order chi connectivity index (χ1) is 13.4. The van der Waals surface area contributed by atoms with Gasteiger partial charge in [0, 0.05) is 17.7 Å². The number of hydrogen-bond donors (Lipinski definition) is 2. The molecule has 28 heavy (non-hydrogen) atoms. The van der Waals surface area contributed by atoms with Gasteiger partial charge in [0.25, 0.3) is 15.7 Å². The van der Waals surface area contributed by atoms with Crippen LogP contribution in [0.4, 0.5) is 17.1 Å². The second kappa shape index (κ2) is 8.38. The van der Waals surface area contributed by atoms with Crippen molar-refractivity contribution in [1.82, 2.24) is 0 Å². The van der Waals surface area contributed by atoms with E-state index in [1.54, 1.807) is 12.1 Å². The number of nitro benzene ring substituents is 1. The normalized spacial score (nSPS) is 11.5. The Bertz CT molecular complexity index is 1130. The van der Waals surface area contributed by atoms with E-state index in [9.17, 15) is 18.5 Å². The minimum Gasteiger partial charge on any atom is -0.278 e. The highest BCUT2D eigenvalue weighted by atomic mass is 35.5. The maximum atomic E-state index is 12.9. The highest BCUT2D eigenvalue weighted by molar-refractivity contribution is 7.93. The molecule has 0 spiro atoms. The molecule has 1 heterocycles. The average Bonchev–Trinajstić information content (AvgIpc) is 3.17. The van der Waals surface area contributed by atoms with Crippen molar-refractivity contribution in [2.24, 2.45) is 5.10 Å². The molecule has 0 aliphatic carbocycles. The molecule has 0 saturated heterocycles. The molecule has 3 rings (SSSR count). The summed E-state index contributed by atoms with van der Waals surface area (Å²) in [5.74, 6) is 0. The summed E-state index contributed by atoms with van der Waals surface area (Å²) in [5.41, 5.74) is 3.32. The minimum atomic E-state index is -4.18. The van der Waals surface area contributed by atoms with Crippen molar-refractivity contribution in [3.05, 3.63) is 80.0 Å². The van der Waals surface area contributed by atoms with Crippen LogP contribution in [0.3, 0.4) is 0 Å². The largest absolute Gasteiger partial charge is 0.278 e. The number of para-hydroxylation sites is 1. The summed E-state index contributed by atoms with van der Waals surface area (Å²) in [7, 11) is -4.18. The van der Waals surface area contributed by atoms with Gasteiger partial charge in [-0.1, -0.05) is 23.7 Å². The van der Waals surface area contributed by atoms with Crippen molar-refractivity contribution in [1.29, 1.82) is 0 Å². The maximum absolute atomic E-state index is 12.9. The molecule has 0 unspecified atom stereocenters. The van der Waals surface area contributed by atoms with Gasteiger partial charge in [0.2, 0.25) is 0 Å². The lowest BCUT2D eigenvalue weighted by Gasteiger charge is -2.12. The monoisotopic (exact) mass is 436 g/mol. The first-order valence-corrected chi connectivity index (χ1v) is 10.5. The van der Waals surface area contributed by atoms with E-state index in [-0.39, 0.29) is 27.0 Å². The number of sulfonamides is 1. The molecule has 11 heteroatoms. The number of nitrogens with zero attached hydrogens (tertiary/aromatic N) is 2. The molecular formula is C17H13ClN4O4S2. The molecule has 8 nitrogen and oxygen atoms in total. The molecule has 0 radical (unpaired) electrons. The average molecular weight is 437 g/mol. The van der Waals surface area contributed by atoms with Crippen molar-refractivity contribution < 1.29 is 13.3 Å². The first kappa shape index (κ1) is 19.8. The van der Waals surface area contributed by atoms with Crippen LogP contribution in [-0.2, 0) is 10.0 Å². The van der Waals surface area contributed by atoms with E-state index in [0.717, 1.165) is 11.6 Å².